The lowest BCUT2D eigenvalue weighted by Gasteiger charge is -2.08. The first-order valence-corrected chi connectivity index (χ1v) is 6.27. The maximum Gasteiger partial charge on any atom is 0.242 e. The third-order valence-electron chi connectivity index (χ3n) is 2.50. The van der Waals surface area contributed by atoms with Crippen molar-refractivity contribution in [2.24, 2.45) is 5.84 Å². The van der Waals surface area contributed by atoms with E-state index in [0.29, 0.717) is 21.3 Å². The summed E-state index contributed by atoms with van der Waals surface area (Å²) in [5.74, 6) is 5.77. The summed E-state index contributed by atoms with van der Waals surface area (Å²) in [6, 6.07) is 4.07. The quantitative estimate of drug-likeness (QED) is 0.500. The van der Waals surface area contributed by atoms with E-state index < -0.39 is 0 Å². The second-order valence-corrected chi connectivity index (χ2v) is 4.66. The summed E-state index contributed by atoms with van der Waals surface area (Å²) in [7, 11) is 0. The van der Waals surface area contributed by atoms with Crippen LogP contribution in [-0.4, -0.2) is 20.2 Å². The minimum atomic E-state index is -0.371. The number of hydrogen-bond acceptors (Lipinski definition) is 6. The minimum Gasteiger partial charge on any atom is -0.437 e. The summed E-state index contributed by atoms with van der Waals surface area (Å²) in [4.78, 5) is 8.18. The number of aromatic nitrogens is 4. The Morgan fingerprint density at radius 2 is 2.20 bits per heavy atom. The predicted molar refractivity (Wildman–Crippen MR) is 73.7 cm³/mol. The van der Waals surface area contributed by atoms with Gasteiger partial charge in [-0.05, 0) is 34.1 Å². The Hall–Kier alpha value is -2.26. The molecule has 0 aliphatic carbocycles. The van der Waals surface area contributed by atoms with Crippen LogP contribution in [-0.2, 0) is 0 Å². The summed E-state index contributed by atoms with van der Waals surface area (Å²) in [5.41, 5.74) is 2.81. The van der Waals surface area contributed by atoms with Gasteiger partial charge in [0, 0.05) is 0 Å². The average Bonchev–Trinajstić information content (AvgIpc) is 2.90. The molecule has 102 valence electrons. The molecule has 20 heavy (non-hydrogen) atoms. The molecule has 7 nitrogen and oxygen atoms in total. The number of fused-ring (bicyclic) bond motifs is 1. The Morgan fingerprint density at radius 3 is 2.95 bits per heavy atom. The Bertz CT molecular complexity index is 777. The molecular formula is C11H8BrFN6O. The van der Waals surface area contributed by atoms with Crippen molar-refractivity contribution in [2.75, 3.05) is 5.43 Å². The van der Waals surface area contributed by atoms with Gasteiger partial charge in [-0.15, -0.1) is 0 Å². The van der Waals surface area contributed by atoms with Gasteiger partial charge in [-0.1, -0.05) is 0 Å². The molecule has 0 spiro atoms. The number of nitrogen functional groups attached to an aromatic ring is 1. The molecule has 4 N–H and O–H groups in total. The van der Waals surface area contributed by atoms with Crippen molar-refractivity contribution in [3.8, 4) is 11.6 Å². The fourth-order valence-corrected chi connectivity index (χ4v) is 2.04. The van der Waals surface area contributed by atoms with Crippen molar-refractivity contribution in [3.05, 3.63) is 34.7 Å². The van der Waals surface area contributed by atoms with Gasteiger partial charge in [0.15, 0.2) is 5.65 Å². The maximum absolute atomic E-state index is 13.1. The molecule has 0 saturated carbocycles. The number of hydrogen-bond donors (Lipinski definition) is 3. The molecule has 0 unspecified atom stereocenters. The molecule has 0 bridgehead atoms. The zero-order chi connectivity index (χ0) is 14.1. The lowest BCUT2D eigenvalue weighted by Crippen LogP contribution is -2.10. The van der Waals surface area contributed by atoms with Gasteiger partial charge in [-0.25, -0.2) is 10.2 Å². The number of anilines is 1. The molecule has 0 radical (unpaired) electrons. The number of halogens is 2. The van der Waals surface area contributed by atoms with Crippen molar-refractivity contribution >= 4 is 32.9 Å². The Kier molecular flexibility index (Phi) is 3.20. The van der Waals surface area contributed by atoms with Crippen LogP contribution >= 0.6 is 15.9 Å². The van der Waals surface area contributed by atoms with Gasteiger partial charge in [-0.3, -0.25) is 10.5 Å². The molecule has 9 heteroatoms. The number of nitrogens with two attached hydrogens (primary N) is 1. The SMILES string of the molecule is NNc1nc(Oc2ccc(F)cc2Br)c2cn[nH]c2n1. The van der Waals surface area contributed by atoms with Gasteiger partial charge < -0.3 is 4.74 Å². The van der Waals surface area contributed by atoms with Crippen LogP contribution in [0.2, 0.25) is 0 Å². The van der Waals surface area contributed by atoms with E-state index in [2.05, 4.69) is 41.5 Å². The van der Waals surface area contributed by atoms with Gasteiger partial charge in [-0.2, -0.15) is 15.1 Å². The molecule has 1 aromatic carbocycles. The smallest absolute Gasteiger partial charge is 0.242 e. The standard InChI is InChI=1S/C11H8BrFN6O/c12-7-3-5(13)1-2-8(7)20-10-6-4-15-19-9(6)16-11(17-10)18-14/h1-4H,14H2,(H2,15,16,17,18,19). The zero-order valence-electron chi connectivity index (χ0n) is 9.89. The molecular weight excluding hydrogens is 331 g/mol. The Morgan fingerprint density at radius 1 is 1.35 bits per heavy atom. The molecule has 2 heterocycles. The van der Waals surface area contributed by atoms with E-state index in [4.69, 9.17) is 10.6 Å². The minimum absolute atomic E-state index is 0.176. The molecule has 0 amide bonds. The van der Waals surface area contributed by atoms with Crippen molar-refractivity contribution in [3.63, 3.8) is 0 Å². The summed E-state index contributed by atoms with van der Waals surface area (Å²) < 4.78 is 19.2. The topological polar surface area (TPSA) is 102 Å². The van der Waals surface area contributed by atoms with Crippen LogP contribution in [0.25, 0.3) is 11.0 Å². The van der Waals surface area contributed by atoms with Crippen LogP contribution in [0.5, 0.6) is 11.6 Å². The van der Waals surface area contributed by atoms with Crippen molar-refractivity contribution < 1.29 is 9.13 Å². The molecule has 3 aromatic rings. The number of nitrogens with zero attached hydrogens (tertiary/aromatic N) is 3. The monoisotopic (exact) mass is 338 g/mol. The largest absolute Gasteiger partial charge is 0.437 e. The van der Waals surface area contributed by atoms with Crippen LogP contribution in [0.3, 0.4) is 0 Å². The summed E-state index contributed by atoms with van der Waals surface area (Å²) >= 11 is 3.22. The van der Waals surface area contributed by atoms with Gasteiger partial charge in [0.1, 0.15) is 17.0 Å². The molecule has 0 fully saturated rings. The van der Waals surface area contributed by atoms with E-state index in [1.807, 2.05) is 0 Å². The summed E-state index contributed by atoms with van der Waals surface area (Å²) in [6.07, 6.45) is 1.53. The van der Waals surface area contributed by atoms with E-state index in [1.165, 1.54) is 24.4 Å². The fraction of sp³-hybridized carbons (Fsp3) is 0. The van der Waals surface area contributed by atoms with Crippen LogP contribution in [0.1, 0.15) is 0 Å². The molecule has 2 aromatic heterocycles. The maximum atomic E-state index is 13.1. The van der Waals surface area contributed by atoms with Crippen molar-refractivity contribution in [2.45, 2.75) is 0 Å². The second kappa shape index (κ2) is 5.02. The number of nitrogens with one attached hydrogen (secondary N) is 2. The lowest BCUT2D eigenvalue weighted by atomic mass is 10.3. The van der Waals surface area contributed by atoms with E-state index >= 15 is 0 Å². The fourth-order valence-electron chi connectivity index (χ4n) is 1.61. The summed E-state index contributed by atoms with van der Waals surface area (Å²) in [5, 5.41) is 7.15. The van der Waals surface area contributed by atoms with Crippen LogP contribution in [0.4, 0.5) is 10.3 Å². The van der Waals surface area contributed by atoms with Gasteiger partial charge in [0.05, 0.1) is 10.7 Å². The van der Waals surface area contributed by atoms with Crippen molar-refractivity contribution in [1.82, 2.24) is 20.2 Å². The number of hydrazine groups is 1. The first-order valence-electron chi connectivity index (χ1n) is 5.48. The van der Waals surface area contributed by atoms with Crippen LogP contribution in [0, 0.1) is 5.82 Å². The molecule has 0 aliphatic rings. The predicted octanol–water partition coefficient (Wildman–Crippen LogP) is 2.33. The van der Waals surface area contributed by atoms with E-state index in [-0.39, 0.29) is 17.6 Å². The van der Waals surface area contributed by atoms with Gasteiger partial charge in [0.25, 0.3) is 0 Å². The van der Waals surface area contributed by atoms with E-state index in [1.54, 1.807) is 0 Å². The average molecular weight is 339 g/mol. The van der Waals surface area contributed by atoms with Crippen molar-refractivity contribution in [1.29, 1.82) is 0 Å². The number of H-pyrrole nitrogens is 1. The third kappa shape index (κ3) is 2.28. The summed E-state index contributed by atoms with van der Waals surface area (Å²) in [6.45, 7) is 0. The highest BCUT2D eigenvalue weighted by Gasteiger charge is 2.13. The molecule has 0 aliphatic heterocycles. The number of ether oxygens (including phenoxy) is 1. The van der Waals surface area contributed by atoms with Crippen LogP contribution < -0.4 is 16.0 Å². The highest BCUT2D eigenvalue weighted by molar-refractivity contribution is 9.10. The van der Waals surface area contributed by atoms with Crippen LogP contribution in [0.15, 0.2) is 28.9 Å². The molecule has 3 rings (SSSR count). The van der Waals surface area contributed by atoms with Gasteiger partial charge >= 0.3 is 0 Å². The first-order chi connectivity index (χ1) is 9.67. The normalized spacial score (nSPS) is 10.8. The number of benzene rings is 1. The molecule has 0 saturated heterocycles. The second-order valence-electron chi connectivity index (χ2n) is 3.81. The Labute approximate surface area is 120 Å². The first kappa shape index (κ1) is 12.8. The van der Waals surface area contributed by atoms with E-state index in [0.717, 1.165) is 0 Å². The van der Waals surface area contributed by atoms with Gasteiger partial charge in [0.2, 0.25) is 11.8 Å². The number of aromatic amines is 1. The zero-order valence-corrected chi connectivity index (χ0v) is 11.5. The highest BCUT2D eigenvalue weighted by atomic mass is 79.9. The molecule has 0 atom stereocenters. The highest BCUT2D eigenvalue weighted by Crippen LogP contribution is 2.32. The third-order valence-corrected chi connectivity index (χ3v) is 3.12. The Balaban J connectivity index is 2.07. The number of rotatable bonds is 3. The van der Waals surface area contributed by atoms with E-state index in [9.17, 15) is 4.39 Å². The lowest BCUT2D eigenvalue weighted by molar-refractivity contribution is 0.464.